The van der Waals surface area contributed by atoms with Crippen molar-refractivity contribution >= 4 is 27.4 Å². The smallest absolute Gasteiger partial charge is 0.160 e. The van der Waals surface area contributed by atoms with Crippen molar-refractivity contribution in [3.8, 4) is 51.2 Å². The van der Waals surface area contributed by atoms with E-state index in [9.17, 15) is 5.26 Å². The van der Waals surface area contributed by atoms with Gasteiger partial charge in [-0.1, -0.05) is 146 Å². The van der Waals surface area contributed by atoms with Crippen LogP contribution in [0.4, 0.5) is 0 Å². The van der Waals surface area contributed by atoms with Crippen LogP contribution < -0.4 is 0 Å². The maximum absolute atomic E-state index is 9.82. The van der Waals surface area contributed by atoms with Crippen LogP contribution in [0.25, 0.3) is 72.5 Å². The molecule has 1 aliphatic carbocycles. The maximum atomic E-state index is 9.82. The Bertz CT molecular complexity index is 2720. The molecule has 0 bridgehead atoms. The van der Waals surface area contributed by atoms with E-state index < -0.39 is 0 Å². The standard InChI is InChI=1S/C47H31N5.C3H6/c48-30-37-26-27-40(39-19-8-7-18-38(37)39)46-45(49-41-20-9-10-21-42(41)50-46)34-24-22-31(23-25-34)35-16-11-17-36(28-35)47-51-43(32-12-3-1-4-13-32)29-44(52-47)33-14-5-2-6-15-33;1-3-2/h1-24,26-29,34H,25H2;3H,1H2,2H3. The van der Waals surface area contributed by atoms with Crippen molar-refractivity contribution in [2.45, 2.75) is 19.3 Å². The molecular formula is C50H37N5. The zero-order valence-corrected chi connectivity index (χ0v) is 30.5. The van der Waals surface area contributed by atoms with Gasteiger partial charge in [0.15, 0.2) is 5.82 Å². The molecule has 2 heterocycles. The Kier molecular flexibility index (Phi) is 9.96. The summed E-state index contributed by atoms with van der Waals surface area (Å²) >= 11 is 0. The van der Waals surface area contributed by atoms with Crippen molar-refractivity contribution in [1.82, 2.24) is 19.9 Å². The van der Waals surface area contributed by atoms with E-state index in [0.29, 0.717) is 11.4 Å². The first-order chi connectivity index (χ1) is 27.1. The molecule has 5 heteroatoms. The van der Waals surface area contributed by atoms with E-state index in [1.807, 2.05) is 97.9 Å². The van der Waals surface area contributed by atoms with Crippen LogP contribution in [0.1, 0.15) is 36.1 Å². The molecule has 1 atom stereocenters. The molecule has 0 spiro atoms. The molecule has 6 aromatic carbocycles. The number of allylic oxidation sites excluding steroid dienone is 5. The SMILES string of the molecule is C=CC.N#Cc1ccc(-c2nc3ccccc3nc2C2C=CC(c3cccc(-c4nc(-c5ccccc5)cc(-c5ccccc5)n4)c3)=CC2)c2ccccc12. The first-order valence-electron chi connectivity index (χ1n) is 18.4. The number of hydrogen-bond donors (Lipinski definition) is 0. The number of benzene rings is 6. The average Bonchev–Trinajstić information content (AvgIpc) is 3.26. The number of rotatable bonds is 6. The van der Waals surface area contributed by atoms with Gasteiger partial charge >= 0.3 is 0 Å². The van der Waals surface area contributed by atoms with Crippen LogP contribution in [0, 0.1) is 11.3 Å². The molecule has 0 aliphatic heterocycles. The van der Waals surface area contributed by atoms with Gasteiger partial charge in [-0.05, 0) is 60.2 Å². The molecule has 9 rings (SSSR count). The third kappa shape index (κ3) is 7.22. The van der Waals surface area contributed by atoms with Crippen molar-refractivity contribution in [1.29, 1.82) is 5.26 Å². The van der Waals surface area contributed by atoms with Crippen molar-refractivity contribution < 1.29 is 0 Å². The molecule has 55 heavy (non-hydrogen) atoms. The molecule has 0 N–H and O–H groups in total. The van der Waals surface area contributed by atoms with E-state index in [1.54, 1.807) is 6.08 Å². The van der Waals surface area contributed by atoms with Gasteiger partial charge in [-0.3, -0.25) is 0 Å². The van der Waals surface area contributed by atoms with E-state index in [2.05, 4.69) is 91.5 Å². The molecule has 1 unspecified atom stereocenters. The van der Waals surface area contributed by atoms with Crippen LogP contribution in [0.5, 0.6) is 0 Å². The zero-order chi connectivity index (χ0) is 37.6. The summed E-state index contributed by atoms with van der Waals surface area (Å²) in [5.41, 5.74) is 12.2. The summed E-state index contributed by atoms with van der Waals surface area (Å²) in [7, 11) is 0. The molecule has 5 nitrogen and oxygen atoms in total. The predicted molar refractivity (Wildman–Crippen MR) is 226 cm³/mol. The molecule has 0 fully saturated rings. The van der Waals surface area contributed by atoms with Crippen molar-refractivity contribution in [3.05, 3.63) is 199 Å². The molecule has 262 valence electrons. The van der Waals surface area contributed by atoms with Crippen LogP contribution in [0.3, 0.4) is 0 Å². The van der Waals surface area contributed by atoms with Gasteiger partial charge in [-0.15, -0.1) is 6.58 Å². The second-order valence-corrected chi connectivity index (χ2v) is 13.3. The van der Waals surface area contributed by atoms with Gasteiger partial charge in [0.1, 0.15) is 0 Å². The summed E-state index contributed by atoms with van der Waals surface area (Å²) < 4.78 is 0. The van der Waals surface area contributed by atoms with Crippen LogP contribution >= 0.6 is 0 Å². The third-order valence-corrected chi connectivity index (χ3v) is 9.67. The Balaban J connectivity index is 0.00000138. The monoisotopic (exact) mass is 707 g/mol. The summed E-state index contributed by atoms with van der Waals surface area (Å²) in [4.78, 5) is 20.5. The number of hydrogen-bond acceptors (Lipinski definition) is 5. The van der Waals surface area contributed by atoms with Crippen LogP contribution in [-0.4, -0.2) is 19.9 Å². The van der Waals surface area contributed by atoms with Gasteiger partial charge in [0.2, 0.25) is 0 Å². The Hall–Kier alpha value is -7.29. The summed E-state index contributed by atoms with van der Waals surface area (Å²) in [5.74, 6) is 0.707. The number of para-hydroxylation sites is 2. The van der Waals surface area contributed by atoms with E-state index in [4.69, 9.17) is 19.9 Å². The highest BCUT2D eigenvalue weighted by Gasteiger charge is 2.22. The molecule has 0 saturated carbocycles. The van der Waals surface area contributed by atoms with E-state index in [-0.39, 0.29) is 5.92 Å². The Labute approximate surface area is 321 Å². The molecule has 0 amide bonds. The lowest BCUT2D eigenvalue weighted by Gasteiger charge is -2.20. The van der Waals surface area contributed by atoms with Crippen molar-refractivity contribution in [3.63, 3.8) is 0 Å². The fraction of sp³-hybridized carbons (Fsp3) is 0.0600. The minimum absolute atomic E-state index is 0.0211. The fourth-order valence-corrected chi connectivity index (χ4v) is 7.04. The second-order valence-electron chi connectivity index (χ2n) is 13.3. The number of aromatic nitrogens is 4. The Morgan fingerprint density at radius 1 is 0.618 bits per heavy atom. The Morgan fingerprint density at radius 2 is 1.20 bits per heavy atom. The quantitative estimate of drug-likeness (QED) is 0.161. The van der Waals surface area contributed by atoms with Gasteiger partial charge in [0.25, 0.3) is 0 Å². The van der Waals surface area contributed by atoms with Crippen LogP contribution in [0.15, 0.2) is 183 Å². The molecule has 1 aliphatic rings. The van der Waals surface area contributed by atoms with Crippen LogP contribution in [0.2, 0.25) is 0 Å². The van der Waals surface area contributed by atoms with E-state index in [1.165, 1.54) is 0 Å². The topological polar surface area (TPSA) is 75.3 Å². The number of nitriles is 1. The molecule has 8 aromatic rings. The summed E-state index contributed by atoms with van der Waals surface area (Å²) in [6.45, 7) is 5.25. The molecule has 2 aromatic heterocycles. The van der Waals surface area contributed by atoms with Crippen LogP contribution in [-0.2, 0) is 0 Å². The fourth-order valence-electron chi connectivity index (χ4n) is 7.04. The Morgan fingerprint density at radius 3 is 1.84 bits per heavy atom. The summed E-state index contributed by atoms with van der Waals surface area (Å²) in [6.07, 6.45) is 9.25. The minimum Gasteiger partial charge on any atom is -0.248 e. The number of nitrogens with zero attached hydrogens (tertiary/aromatic N) is 5. The van der Waals surface area contributed by atoms with E-state index >= 15 is 0 Å². The minimum atomic E-state index is 0.0211. The highest BCUT2D eigenvalue weighted by molar-refractivity contribution is 6.00. The molecule has 0 radical (unpaired) electrons. The lowest BCUT2D eigenvalue weighted by molar-refractivity contribution is 0.821. The highest BCUT2D eigenvalue weighted by Crippen LogP contribution is 2.39. The predicted octanol–water partition coefficient (Wildman–Crippen LogP) is 12.4. The maximum Gasteiger partial charge on any atom is 0.160 e. The molecular weight excluding hydrogens is 671 g/mol. The number of fused-ring (bicyclic) bond motifs is 2. The van der Waals surface area contributed by atoms with Gasteiger partial charge in [0.05, 0.1) is 45.4 Å². The van der Waals surface area contributed by atoms with Gasteiger partial charge < -0.3 is 0 Å². The zero-order valence-electron chi connectivity index (χ0n) is 30.5. The normalized spacial score (nSPS) is 13.4. The molecule has 0 saturated heterocycles. The van der Waals surface area contributed by atoms with Crippen molar-refractivity contribution in [2.75, 3.05) is 0 Å². The average molecular weight is 708 g/mol. The lowest BCUT2D eigenvalue weighted by atomic mass is 9.87. The summed E-state index contributed by atoms with van der Waals surface area (Å²) in [5, 5.41) is 11.7. The first kappa shape index (κ1) is 34.8. The second kappa shape index (κ2) is 15.8. The van der Waals surface area contributed by atoms with Crippen molar-refractivity contribution in [2.24, 2.45) is 0 Å². The largest absolute Gasteiger partial charge is 0.248 e. The first-order valence-corrected chi connectivity index (χ1v) is 18.4. The van der Waals surface area contributed by atoms with Gasteiger partial charge in [0, 0.05) is 33.6 Å². The summed E-state index contributed by atoms with van der Waals surface area (Å²) in [6, 6.07) is 53.4. The van der Waals surface area contributed by atoms with Gasteiger partial charge in [-0.2, -0.15) is 5.26 Å². The lowest BCUT2D eigenvalue weighted by Crippen LogP contribution is -2.06. The van der Waals surface area contributed by atoms with E-state index in [0.717, 1.165) is 84.4 Å². The van der Waals surface area contributed by atoms with Gasteiger partial charge in [-0.25, -0.2) is 19.9 Å². The highest BCUT2D eigenvalue weighted by atomic mass is 14.9. The third-order valence-electron chi connectivity index (χ3n) is 9.67.